The van der Waals surface area contributed by atoms with E-state index in [0.29, 0.717) is 12.3 Å². The molecule has 0 aliphatic heterocycles. The molecule has 1 atom stereocenters. The fourth-order valence-electron chi connectivity index (χ4n) is 1.93. The predicted octanol–water partition coefficient (Wildman–Crippen LogP) is 2.42. The van der Waals surface area contributed by atoms with Crippen LogP contribution in [-0.4, -0.2) is 23.7 Å². The smallest absolute Gasteiger partial charge is 0.220 e. The summed E-state index contributed by atoms with van der Waals surface area (Å²) < 4.78 is 26.3. The fourth-order valence-corrected chi connectivity index (χ4v) is 1.93. The number of aliphatic hydroxyl groups excluding tert-OH is 1. The first-order valence-corrected chi connectivity index (χ1v) is 6.77. The molecule has 1 unspecified atom stereocenters. The van der Waals surface area contributed by atoms with Crippen molar-refractivity contribution in [3.8, 4) is 0 Å². The minimum atomic E-state index is -0.579. The Balaban J connectivity index is 2.34. The van der Waals surface area contributed by atoms with E-state index in [-0.39, 0.29) is 30.9 Å². The molecule has 1 aromatic rings. The van der Waals surface area contributed by atoms with Gasteiger partial charge in [-0.2, -0.15) is 0 Å². The fraction of sp³-hybridized carbons (Fsp3) is 0.533. The van der Waals surface area contributed by atoms with Crippen LogP contribution in [0.1, 0.15) is 32.3 Å². The first-order chi connectivity index (χ1) is 9.38. The predicted molar refractivity (Wildman–Crippen MR) is 73.2 cm³/mol. The number of aliphatic hydroxyl groups is 1. The van der Waals surface area contributed by atoms with Gasteiger partial charge in [0.05, 0.1) is 6.10 Å². The van der Waals surface area contributed by atoms with Gasteiger partial charge in [0.25, 0.3) is 0 Å². The molecule has 112 valence electrons. The molecule has 0 aromatic heterocycles. The molecule has 0 radical (unpaired) electrons. The van der Waals surface area contributed by atoms with Crippen LogP contribution in [-0.2, 0) is 11.2 Å². The summed E-state index contributed by atoms with van der Waals surface area (Å²) in [5.74, 6) is -0.965. The molecular formula is C15H21F2NO2. The van der Waals surface area contributed by atoms with Gasteiger partial charge >= 0.3 is 0 Å². The Morgan fingerprint density at radius 3 is 2.70 bits per heavy atom. The molecule has 1 amide bonds. The maximum atomic E-state index is 13.3. The van der Waals surface area contributed by atoms with Crippen molar-refractivity contribution in [2.45, 2.75) is 39.2 Å². The van der Waals surface area contributed by atoms with E-state index in [0.717, 1.165) is 18.2 Å². The average molecular weight is 285 g/mol. The minimum absolute atomic E-state index is 0.0643. The van der Waals surface area contributed by atoms with E-state index in [1.165, 1.54) is 0 Å². The average Bonchev–Trinajstić information content (AvgIpc) is 2.36. The van der Waals surface area contributed by atoms with Crippen LogP contribution in [0.15, 0.2) is 18.2 Å². The molecule has 0 bridgehead atoms. The van der Waals surface area contributed by atoms with Crippen molar-refractivity contribution in [1.82, 2.24) is 5.32 Å². The zero-order valence-corrected chi connectivity index (χ0v) is 11.8. The highest BCUT2D eigenvalue weighted by Gasteiger charge is 2.10. The Morgan fingerprint density at radius 1 is 1.35 bits per heavy atom. The summed E-state index contributed by atoms with van der Waals surface area (Å²) in [7, 11) is 0. The van der Waals surface area contributed by atoms with Crippen molar-refractivity contribution in [1.29, 1.82) is 0 Å². The molecule has 0 aliphatic rings. The molecule has 1 aromatic carbocycles. The number of benzene rings is 1. The largest absolute Gasteiger partial charge is 0.391 e. The Hall–Kier alpha value is -1.49. The third kappa shape index (κ3) is 6.10. The number of amides is 1. The summed E-state index contributed by atoms with van der Waals surface area (Å²) >= 11 is 0. The number of hydrogen-bond donors (Lipinski definition) is 2. The van der Waals surface area contributed by atoms with Gasteiger partial charge in [-0.05, 0) is 42.5 Å². The van der Waals surface area contributed by atoms with Crippen molar-refractivity contribution in [3.05, 3.63) is 35.4 Å². The molecule has 5 heteroatoms. The number of hydrogen-bond acceptors (Lipinski definition) is 2. The van der Waals surface area contributed by atoms with Gasteiger partial charge in [-0.25, -0.2) is 8.78 Å². The van der Waals surface area contributed by atoms with Crippen LogP contribution >= 0.6 is 0 Å². The first kappa shape index (κ1) is 16.6. The van der Waals surface area contributed by atoms with Gasteiger partial charge in [0.15, 0.2) is 0 Å². The molecule has 20 heavy (non-hydrogen) atoms. The van der Waals surface area contributed by atoms with Crippen LogP contribution in [0.3, 0.4) is 0 Å². The molecule has 2 N–H and O–H groups in total. The number of carbonyl (C=O) groups excluding carboxylic acids is 1. The number of halogens is 2. The molecule has 0 saturated carbocycles. The second-order valence-electron chi connectivity index (χ2n) is 5.32. The van der Waals surface area contributed by atoms with Crippen molar-refractivity contribution in [2.75, 3.05) is 6.54 Å². The van der Waals surface area contributed by atoms with Crippen LogP contribution in [0.5, 0.6) is 0 Å². The summed E-state index contributed by atoms with van der Waals surface area (Å²) in [5.41, 5.74) is 0.183. The molecule has 0 spiro atoms. The Labute approximate surface area is 118 Å². The standard InChI is InChI=1S/C15H21F2NO2/c1-10(2)7-13(19)9-18-15(20)6-3-11-8-12(16)4-5-14(11)17/h4-5,8,10,13,19H,3,6-7,9H2,1-2H3,(H,18,20). The topological polar surface area (TPSA) is 49.3 Å². The SMILES string of the molecule is CC(C)CC(O)CNC(=O)CCc1cc(F)ccc1F. The third-order valence-electron chi connectivity index (χ3n) is 2.91. The molecule has 0 heterocycles. The molecule has 0 saturated heterocycles. The van der Waals surface area contributed by atoms with Crippen molar-refractivity contribution in [2.24, 2.45) is 5.92 Å². The van der Waals surface area contributed by atoms with E-state index in [1.54, 1.807) is 0 Å². The van der Waals surface area contributed by atoms with E-state index in [9.17, 15) is 18.7 Å². The van der Waals surface area contributed by atoms with E-state index in [2.05, 4.69) is 5.32 Å². The van der Waals surface area contributed by atoms with Gasteiger partial charge in [-0.3, -0.25) is 4.79 Å². The summed E-state index contributed by atoms with van der Waals surface area (Å²) in [6.45, 7) is 4.15. The van der Waals surface area contributed by atoms with E-state index >= 15 is 0 Å². The van der Waals surface area contributed by atoms with E-state index < -0.39 is 17.7 Å². The highest BCUT2D eigenvalue weighted by Crippen LogP contribution is 2.11. The number of carbonyl (C=O) groups is 1. The minimum Gasteiger partial charge on any atom is -0.391 e. The van der Waals surface area contributed by atoms with Gasteiger partial charge in [0.1, 0.15) is 11.6 Å². The maximum absolute atomic E-state index is 13.3. The van der Waals surface area contributed by atoms with E-state index in [4.69, 9.17) is 0 Å². The van der Waals surface area contributed by atoms with Gasteiger partial charge < -0.3 is 10.4 Å². The highest BCUT2D eigenvalue weighted by atomic mass is 19.1. The first-order valence-electron chi connectivity index (χ1n) is 6.77. The lowest BCUT2D eigenvalue weighted by Crippen LogP contribution is -2.32. The van der Waals surface area contributed by atoms with Crippen molar-refractivity contribution in [3.63, 3.8) is 0 Å². The van der Waals surface area contributed by atoms with Crippen LogP contribution in [0.25, 0.3) is 0 Å². The highest BCUT2D eigenvalue weighted by molar-refractivity contribution is 5.76. The summed E-state index contributed by atoms with van der Waals surface area (Å²) in [6.07, 6.45) is 0.230. The van der Waals surface area contributed by atoms with E-state index in [1.807, 2.05) is 13.8 Å². The molecule has 1 rings (SSSR count). The second-order valence-corrected chi connectivity index (χ2v) is 5.32. The number of rotatable bonds is 7. The van der Waals surface area contributed by atoms with Crippen molar-refractivity contribution < 1.29 is 18.7 Å². The lowest BCUT2D eigenvalue weighted by Gasteiger charge is -2.13. The van der Waals surface area contributed by atoms with Gasteiger partial charge in [-0.1, -0.05) is 13.8 Å². The van der Waals surface area contributed by atoms with Gasteiger partial charge in [-0.15, -0.1) is 0 Å². The van der Waals surface area contributed by atoms with Crippen LogP contribution < -0.4 is 5.32 Å². The van der Waals surface area contributed by atoms with Crippen molar-refractivity contribution >= 4 is 5.91 Å². The quantitative estimate of drug-likeness (QED) is 0.808. The molecular weight excluding hydrogens is 264 g/mol. The lowest BCUT2D eigenvalue weighted by atomic mass is 10.1. The molecule has 3 nitrogen and oxygen atoms in total. The van der Waals surface area contributed by atoms with Crippen LogP contribution in [0, 0.1) is 17.6 Å². The molecule has 0 aliphatic carbocycles. The molecule has 0 fully saturated rings. The zero-order chi connectivity index (χ0) is 15.1. The lowest BCUT2D eigenvalue weighted by molar-refractivity contribution is -0.121. The Morgan fingerprint density at radius 2 is 2.05 bits per heavy atom. The van der Waals surface area contributed by atoms with Crippen LogP contribution in [0.2, 0.25) is 0 Å². The monoisotopic (exact) mass is 285 g/mol. The Kier molecular flexibility index (Phi) is 6.58. The summed E-state index contributed by atoms with van der Waals surface area (Å²) in [5, 5.41) is 12.2. The summed E-state index contributed by atoms with van der Waals surface area (Å²) in [6, 6.07) is 3.19. The number of nitrogens with one attached hydrogen (secondary N) is 1. The third-order valence-corrected chi connectivity index (χ3v) is 2.91. The number of aryl methyl sites for hydroxylation is 1. The maximum Gasteiger partial charge on any atom is 0.220 e. The summed E-state index contributed by atoms with van der Waals surface area (Å²) in [4.78, 5) is 11.6. The van der Waals surface area contributed by atoms with Gasteiger partial charge in [0, 0.05) is 13.0 Å². The van der Waals surface area contributed by atoms with Gasteiger partial charge in [0.2, 0.25) is 5.91 Å². The zero-order valence-electron chi connectivity index (χ0n) is 11.8. The Bertz CT molecular complexity index is 449. The normalized spacial score (nSPS) is 12.5. The van der Waals surface area contributed by atoms with Crippen LogP contribution in [0.4, 0.5) is 8.78 Å². The second kappa shape index (κ2) is 7.94.